The summed E-state index contributed by atoms with van der Waals surface area (Å²) in [7, 11) is 0. The Kier molecular flexibility index (Phi) is 10.7. The van der Waals surface area contributed by atoms with Crippen LogP contribution in [0.5, 0.6) is 0 Å². The van der Waals surface area contributed by atoms with Crippen LogP contribution < -0.4 is 31.3 Å². The number of rotatable bonds is 6. The first-order valence-electron chi connectivity index (χ1n) is 28.3. The fourth-order valence-electron chi connectivity index (χ4n) is 14.4. The van der Waals surface area contributed by atoms with E-state index in [-0.39, 0.29) is 39.8 Å². The SMILES string of the molecule is CC(C)(C)C1=CCC(N(C2=CCC(C(C)(C)C)C=C2)C2=c3c4ccccc4n4c5c(c(c34)CC2)=CC2C(C=5)C3=c4c(c5ccccc5n42)=C(N(c2ccc(C(C)(C)C)cc2)C2C=CC(C(C)(C)C)=CC2)CC3)C=C1. The second-order valence-corrected chi connectivity index (χ2v) is 27.1. The fourth-order valence-corrected chi connectivity index (χ4v) is 14.4. The summed E-state index contributed by atoms with van der Waals surface area (Å²) in [6, 6.07) is 29.0. The summed E-state index contributed by atoms with van der Waals surface area (Å²) >= 11 is 0. The molecule has 0 amide bonds. The van der Waals surface area contributed by atoms with Crippen LogP contribution in [-0.4, -0.2) is 26.0 Å². The van der Waals surface area contributed by atoms with Crippen molar-refractivity contribution in [1.82, 2.24) is 13.9 Å². The Balaban J connectivity index is 1.01. The van der Waals surface area contributed by atoms with E-state index in [0.29, 0.717) is 11.8 Å². The van der Waals surface area contributed by atoms with E-state index in [9.17, 15) is 0 Å². The second-order valence-electron chi connectivity index (χ2n) is 27.1. The van der Waals surface area contributed by atoms with Crippen molar-refractivity contribution in [2.24, 2.45) is 28.1 Å². The zero-order valence-corrected chi connectivity index (χ0v) is 46.4. The van der Waals surface area contributed by atoms with Gasteiger partial charge in [-0.25, -0.2) is 0 Å². The number of fused-ring (bicyclic) bond motifs is 12. The number of hydrogen-bond acceptors (Lipinski definition) is 2. The molecule has 6 aliphatic carbocycles. The minimum atomic E-state index is 0.0885. The van der Waals surface area contributed by atoms with Gasteiger partial charge < -0.3 is 18.8 Å². The van der Waals surface area contributed by atoms with Gasteiger partial charge in [-0.15, -0.1) is 0 Å². The highest BCUT2D eigenvalue weighted by Crippen LogP contribution is 2.44. The summed E-state index contributed by atoms with van der Waals surface area (Å²) in [5.74, 6) is 0.820. The van der Waals surface area contributed by atoms with Gasteiger partial charge in [-0.1, -0.05) is 192 Å². The zero-order valence-electron chi connectivity index (χ0n) is 46.4. The molecular formula is C70H78N4. The van der Waals surface area contributed by atoms with Crippen LogP contribution in [0.15, 0.2) is 144 Å². The smallest absolute Gasteiger partial charge is 0.0634 e. The molecule has 0 spiro atoms. The Bertz CT molecular complexity index is 3880. The molecule has 5 unspecified atom stereocenters. The molecule has 378 valence electrons. The highest BCUT2D eigenvalue weighted by Gasteiger charge is 2.41. The van der Waals surface area contributed by atoms with Crippen molar-refractivity contribution in [3.8, 4) is 0 Å². The van der Waals surface area contributed by atoms with Crippen molar-refractivity contribution in [1.29, 1.82) is 0 Å². The lowest BCUT2D eigenvalue weighted by Crippen LogP contribution is -2.42. The minimum absolute atomic E-state index is 0.0885. The van der Waals surface area contributed by atoms with Crippen LogP contribution in [0.25, 0.3) is 56.4 Å². The summed E-state index contributed by atoms with van der Waals surface area (Å²) in [5.41, 5.74) is 17.7. The lowest BCUT2D eigenvalue weighted by molar-refractivity contribution is 0.289. The van der Waals surface area contributed by atoms with Crippen LogP contribution in [0.4, 0.5) is 5.69 Å². The van der Waals surface area contributed by atoms with Crippen molar-refractivity contribution >= 4 is 62.1 Å². The zero-order chi connectivity index (χ0) is 51.4. The maximum Gasteiger partial charge on any atom is 0.0634 e. The first-order chi connectivity index (χ1) is 35.3. The average molecular weight is 975 g/mol. The second kappa shape index (κ2) is 16.6. The molecule has 0 saturated heterocycles. The molecule has 0 saturated carbocycles. The number of benzene rings is 3. The molecule has 3 aromatic carbocycles. The van der Waals surface area contributed by atoms with E-state index in [4.69, 9.17) is 0 Å². The number of aryl methyl sites for hydroxylation is 1. The van der Waals surface area contributed by atoms with Crippen LogP contribution in [0.2, 0.25) is 0 Å². The summed E-state index contributed by atoms with van der Waals surface area (Å²) in [4.78, 5) is 5.52. The van der Waals surface area contributed by atoms with E-state index < -0.39 is 0 Å². The van der Waals surface area contributed by atoms with Gasteiger partial charge in [0.1, 0.15) is 0 Å². The van der Waals surface area contributed by atoms with Gasteiger partial charge in [0.25, 0.3) is 0 Å². The van der Waals surface area contributed by atoms with Gasteiger partial charge in [-0.05, 0) is 131 Å². The molecule has 0 radical (unpaired) electrons. The van der Waals surface area contributed by atoms with Crippen LogP contribution in [0.3, 0.4) is 0 Å². The molecule has 74 heavy (non-hydrogen) atoms. The van der Waals surface area contributed by atoms with E-state index in [0.717, 1.165) is 44.9 Å². The van der Waals surface area contributed by atoms with Crippen molar-refractivity contribution in [2.75, 3.05) is 4.90 Å². The Labute approximate surface area is 440 Å². The molecule has 7 aliphatic rings. The van der Waals surface area contributed by atoms with Crippen molar-refractivity contribution in [3.05, 3.63) is 182 Å². The third kappa shape index (κ3) is 7.34. The molecule has 0 N–H and O–H groups in total. The van der Waals surface area contributed by atoms with Gasteiger partial charge >= 0.3 is 0 Å². The monoisotopic (exact) mass is 975 g/mol. The van der Waals surface area contributed by atoms with E-state index >= 15 is 0 Å². The average Bonchev–Trinajstić information content (AvgIpc) is 4.10. The molecule has 1 aliphatic heterocycles. The lowest BCUT2D eigenvalue weighted by Gasteiger charge is -2.39. The molecule has 13 rings (SSSR count). The molecule has 0 bridgehead atoms. The summed E-state index contributed by atoms with van der Waals surface area (Å²) in [6.45, 7) is 28.2. The number of hydrogen-bond donors (Lipinski definition) is 0. The third-order valence-electron chi connectivity index (χ3n) is 18.4. The topological polar surface area (TPSA) is 15.8 Å². The number of aromatic nitrogens is 2. The van der Waals surface area contributed by atoms with Gasteiger partial charge in [0, 0.05) is 60.6 Å². The Morgan fingerprint density at radius 3 is 1.74 bits per heavy atom. The molecule has 4 heterocycles. The normalized spacial score (nSPS) is 23.4. The van der Waals surface area contributed by atoms with Crippen LogP contribution in [0, 0.1) is 28.1 Å². The number of para-hydroxylation sites is 2. The summed E-state index contributed by atoms with van der Waals surface area (Å²) in [6.07, 6.45) is 35.1. The predicted octanol–water partition coefficient (Wildman–Crippen LogP) is 13.5. The summed E-state index contributed by atoms with van der Waals surface area (Å²) < 4.78 is 5.50. The van der Waals surface area contributed by atoms with Gasteiger partial charge in [0.2, 0.25) is 0 Å². The standard InChI is InChI=1S/C70H78N4/c1-67(2,3)43-21-29-47(30-22-43)71(48-31-23-44(24-32-48)68(4,5)6)59-39-37-51-55-41-62-56(42-61(55)73-57-19-15-13-17-53(57)63(59)65(51)73)52-38-40-60(64-54-18-14-16-20-58(54)74(62)66(52)64)72(49-33-25-45(26-34-49)69(7,8)9)50-35-27-46(28-36-50)70(10,11)12/h13-27,29-31,33,35-36,41-42,46,48-49,55,61H,28,32,34,37-40H2,1-12H3. The first-order valence-corrected chi connectivity index (χ1v) is 28.3. The van der Waals surface area contributed by atoms with Crippen molar-refractivity contribution in [2.45, 2.75) is 152 Å². The number of anilines is 1. The van der Waals surface area contributed by atoms with E-state index in [2.05, 4.69) is 241 Å². The first kappa shape index (κ1) is 47.5. The molecule has 3 aromatic heterocycles. The van der Waals surface area contributed by atoms with E-state index in [1.54, 1.807) is 5.57 Å². The lowest BCUT2D eigenvalue weighted by atomic mass is 9.76. The Hall–Kier alpha value is -6.26. The van der Waals surface area contributed by atoms with E-state index in [1.165, 1.54) is 98.7 Å². The number of nitrogens with zero attached hydrogens (tertiary/aromatic N) is 4. The molecular weight excluding hydrogens is 897 g/mol. The van der Waals surface area contributed by atoms with E-state index in [1.807, 2.05) is 0 Å². The Morgan fingerprint density at radius 1 is 0.541 bits per heavy atom. The van der Waals surface area contributed by atoms with Crippen molar-refractivity contribution in [3.63, 3.8) is 0 Å². The molecule has 4 nitrogen and oxygen atoms in total. The van der Waals surface area contributed by atoms with Gasteiger partial charge in [-0.3, -0.25) is 0 Å². The van der Waals surface area contributed by atoms with Gasteiger partial charge in [0.05, 0.1) is 39.9 Å². The van der Waals surface area contributed by atoms with Gasteiger partial charge in [0.15, 0.2) is 0 Å². The maximum atomic E-state index is 2.79. The Morgan fingerprint density at radius 2 is 1.15 bits per heavy atom. The predicted molar refractivity (Wildman–Crippen MR) is 314 cm³/mol. The van der Waals surface area contributed by atoms with Crippen molar-refractivity contribution < 1.29 is 0 Å². The molecule has 5 atom stereocenters. The highest BCUT2D eigenvalue weighted by atomic mass is 15.2. The van der Waals surface area contributed by atoms with Crippen LogP contribution in [-0.2, 0) is 11.8 Å². The summed E-state index contributed by atoms with van der Waals surface area (Å²) in [5, 5.41) is 10.0. The fraction of sp³-hybridized carbons (Fsp3) is 0.400. The molecule has 0 fully saturated rings. The highest BCUT2D eigenvalue weighted by molar-refractivity contribution is 5.95. The molecule has 6 aromatic rings. The van der Waals surface area contributed by atoms with Crippen LogP contribution >= 0.6 is 0 Å². The largest absolute Gasteiger partial charge is 0.337 e. The third-order valence-corrected chi connectivity index (χ3v) is 18.4. The molecule has 4 heteroatoms. The van der Waals surface area contributed by atoms with Gasteiger partial charge in [-0.2, -0.15) is 0 Å². The number of allylic oxidation sites excluding steroid dienone is 7. The quantitative estimate of drug-likeness (QED) is 0.165. The minimum Gasteiger partial charge on any atom is -0.337 e. The maximum absolute atomic E-state index is 2.79. The van der Waals surface area contributed by atoms with Crippen LogP contribution in [0.1, 0.15) is 139 Å².